The van der Waals surface area contributed by atoms with Crippen molar-refractivity contribution in [1.29, 1.82) is 0 Å². The van der Waals surface area contributed by atoms with Gasteiger partial charge in [-0.05, 0) is 6.42 Å². The van der Waals surface area contributed by atoms with Crippen molar-refractivity contribution in [2.75, 3.05) is 5.75 Å². The Balaban J connectivity index is 3.44. The molecule has 0 radical (unpaired) electrons. The maximum absolute atomic E-state index is 11.2. The first-order valence-corrected chi connectivity index (χ1v) is 5.80. The summed E-state index contributed by atoms with van der Waals surface area (Å²) in [5.74, 6) is 0.758. The summed E-state index contributed by atoms with van der Waals surface area (Å²) < 4.78 is 11.1. The first-order chi connectivity index (χ1) is 5.22. The Hall–Kier alpha value is 0.240. The van der Waals surface area contributed by atoms with Crippen LogP contribution in [-0.4, -0.2) is 14.5 Å². The van der Waals surface area contributed by atoms with Gasteiger partial charge < -0.3 is 0 Å². The summed E-state index contributed by atoms with van der Waals surface area (Å²) in [6.07, 6.45) is 4.99. The Labute approximate surface area is 77.1 Å². The lowest BCUT2D eigenvalue weighted by Crippen LogP contribution is -2.08. The molecular weight excluding hydrogens is 176 g/mol. The fourth-order valence-electron chi connectivity index (χ4n) is 0.722. The van der Waals surface area contributed by atoms with Crippen LogP contribution in [0.15, 0.2) is 12.7 Å². The van der Waals surface area contributed by atoms with E-state index in [1.54, 1.807) is 6.08 Å². The second kappa shape index (κ2) is 6.92. The van der Waals surface area contributed by atoms with Crippen molar-refractivity contribution in [3.05, 3.63) is 12.7 Å². The van der Waals surface area contributed by atoms with Gasteiger partial charge in [0.05, 0.1) is 4.58 Å². The highest BCUT2D eigenvalue weighted by molar-refractivity contribution is 8.01. The lowest BCUT2D eigenvalue weighted by molar-refractivity contribution is 0.677. The highest BCUT2D eigenvalue weighted by Crippen LogP contribution is 2.06. The maximum Gasteiger partial charge on any atom is 0.0949 e. The van der Waals surface area contributed by atoms with Crippen LogP contribution in [0.5, 0.6) is 0 Å². The van der Waals surface area contributed by atoms with Crippen LogP contribution in [0.25, 0.3) is 0 Å². The molecule has 3 heteroatoms. The van der Waals surface area contributed by atoms with Crippen molar-refractivity contribution in [1.82, 2.24) is 0 Å². The number of rotatable bonds is 6. The second-order valence-electron chi connectivity index (χ2n) is 2.42. The topological polar surface area (TPSA) is 17.1 Å². The SMILES string of the molecule is C=CC(S)S(=O)CCCCC. The molecule has 0 aliphatic heterocycles. The van der Waals surface area contributed by atoms with Crippen LogP contribution in [0.3, 0.4) is 0 Å². The summed E-state index contributed by atoms with van der Waals surface area (Å²) in [5, 5.41) is 0. The Morgan fingerprint density at radius 2 is 2.27 bits per heavy atom. The van der Waals surface area contributed by atoms with Gasteiger partial charge in [-0.25, -0.2) is 0 Å². The summed E-state index contributed by atoms with van der Waals surface area (Å²) in [7, 11) is -0.820. The van der Waals surface area contributed by atoms with E-state index in [2.05, 4.69) is 26.1 Å². The second-order valence-corrected chi connectivity index (χ2v) is 5.00. The summed E-state index contributed by atoms with van der Waals surface area (Å²) in [5.41, 5.74) is 0. The standard InChI is InChI=1S/C8H16OS2/c1-3-5-6-7-11(9)8(10)4-2/h4,8,10H,2-3,5-7H2,1H3. The highest BCUT2D eigenvalue weighted by atomic mass is 32.2. The van der Waals surface area contributed by atoms with Crippen LogP contribution in [0, 0.1) is 0 Å². The van der Waals surface area contributed by atoms with Crippen molar-refractivity contribution in [3.8, 4) is 0 Å². The van der Waals surface area contributed by atoms with Crippen LogP contribution in [-0.2, 0) is 10.8 Å². The summed E-state index contributed by atoms with van der Waals surface area (Å²) >= 11 is 4.11. The lowest BCUT2D eigenvalue weighted by Gasteiger charge is -2.03. The molecule has 2 atom stereocenters. The van der Waals surface area contributed by atoms with Crippen molar-refractivity contribution < 1.29 is 4.21 Å². The molecule has 11 heavy (non-hydrogen) atoms. The van der Waals surface area contributed by atoms with Gasteiger partial charge in [0.15, 0.2) is 0 Å². The monoisotopic (exact) mass is 192 g/mol. The molecule has 0 aliphatic carbocycles. The minimum absolute atomic E-state index is 0.146. The molecule has 0 aromatic rings. The molecule has 0 bridgehead atoms. The third kappa shape index (κ3) is 5.50. The third-order valence-electron chi connectivity index (χ3n) is 1.42. The molecule has 0 saturated carbocycles. The largest absolute Gasteiger partial charge is 0.258 e. The zero-order valence-electron chi connectivity index (χ0n) is 6.95. The normalized spacial score (nSPS) is 15.8. The predicted octanol–water partition coefficient (Wildman–Crippen LogP) is 2.37. The van der Waals surface area contributed by atoms with E-state index < -0.39 is 10.8 Å². The number of unbranched alkanes of at least 4 members (excludes halogenated alkanes) is 2. The Kier molecular flexibility index (Phi) is 7.07. The van der Waals surface area contributed by atoms with E-state index in [1.165, 1.54) is 6.42 Å². The van der Waals surface area contributed by atoms with Gasteiger partial charge in [0, 0.05) is 16.6 Å². The first kappa shape index (κ1) is 11.2. The fraction of sp³-hybridized carbons (Fsp3) is 0.750. The smallest absolute Gasteiger partial charge is 0.0949 e. The highest BCUT2D eigenvalue weighted by Gasteiger charge is 2.05. The fourth-order valence-corrected chi connectivity index (χ4v) is 1.98. The summed E-state index contributed by atoms with van der Waals surface area (Å²) in [6, 6.07) is 0. The quantitative estimate of drug-likeness (QED) is 0.388. The van der Waals surface area contributed by atoms with Crippen molar-refractivity contribution in [2.24, 2.45) is 0 Å². The van der Waals surface area contributed by atoms with Crippen molar-refractivity contribution >= 4 is 23.4 Å². The molecule has 1 nitrogen and oxygen atoms in total. The molecule has 0 spiro atoms. The predicted molar refractivity (Wildman–Crippen MR) is 55.5 cm³/mol. The molecule has 0 rings (SSSR count). The van der Waals surface area contributed by atoms with Gasteiger partial charge in [-0.1, -0.05) is 25.8 Å². The molecule has 0 aliphatic rings. The lowest BCUT2D eigenvalue weighted by atomic mass is 10.3. The molecule has 0 aromatic heterocycles. The van der Waals surface area contributed by atoms with E-state index in [0.29, 0.717) is 0 Å². The number of hydrogen-bond acceptors (Lipinski definition) is 2. The van der Waals surface area contributed by atoms with E-state index in [-0.39, 0.29) is 4.58 Å². The maximum atomic E-state index is 11.2. The van der Waals surface area contributed by atoms with E-state index in [1.807, 2.05) is 0 Å². The molecule has 0 N–H and O–H groups in total. The van der Waals surface area contributed by atoms with E-state index in [9.17, 15) is 4.21 Å². The average molecular weight is 192 g/mol. The van der Waals surface area contributed by atoms with E-state index in [0.717, 1.165) is 18.6 Å². The molecule has 0 heterocycles. The molecule has 66 valence electrons. The minimum Gasteiger partial charge on any atom is -0.258 e. The van der Waals surface area contributed by atoms with Crippen LogP contribution in [0.1, 0.15) is 26.2 Å². The van der Waals surface area contributed by atoms with E-state index in [4.69, 9.17) is 0 Å². The van der Waals surface area contributed by atoms with Gasteiger partial charge in [0.2, 0.25) is 0 Å². The Morgan fingerprint density at radius 1 is 1.64 bits per heavy atom. The molecule has 0 aromatic carbocycles. The molecule has 2 unspecified atom stereocenters. The van der Waals surface area contributed by atoms with Crippen LogP contribution >= 0.6 is 12.6 Å². The molecule has 0 amide bonds. The van der Waals surface area contributed by atoms with Crippen LogP contribution in [0.2, 0.25) is 0 Å². The van der Waals surface area contributed by atoms with Gasteiger partial charge in [-0.3, -0.25) is 4.21 Å². The minimum atomic E-state index is -0.820. The Bertz CT molecular complexity index is 134. The summed E-state index contributed by atoms with van der Waals surface area (Å²) in [4.78, 5) is 0. The summed E-state index contributed by atoms with van der Waals surface area (Å²) in [6.45, 7) is 5.67. The number of thiol groups is 1. The van der Waals surface area contributed by atoms with Crippen molar-refractivity contribution in [3.63, 3.8) is 0 Å². The van der Waals surface area contributed by atoms with Crippen LogP contribution in [0.4, 0.5) is 0 Å². The van der Waals surface area contributed by atoms with E-state index >= 15 is 0 Å². The van der Waals surface area contributed by atoms with Gasteiger partial charge >= 0.3 is 0 Å². The van der Waals surface area contributed by atoms with Gasteiger partial charge in [0.25, 0.3) is 0 Å². The van der Waals surface area contributed by atoms with Gasteiger partial charge in [-0.15, -0.1) is 6.58 Å². The molecular formula is C8H16OS2. The number of hydrogen-bond donors (Lipinski definition) is 1. The zero-order valence-corrected chi connectivity index (χ0v) is 8.66. The van der Waals surface area contributed by atoms with Crippen molar-refractivity contribution in [2.45, 2.75) is 30.8 Å². The first-order valence-electron chi connectivity index (χ1n) is 3.90. The van der Waals surface area contributed by atoms with Gasteiger partial charge in [-0.2, -0.15) is 12.6 Å². The van der Waals surface area contributed by atoms with Crippen LogP contribution < -0.4 is 0 Å². The Morgan fingerprint density at radius 3 is 2.73 bits per heavy atom. The molecule has 0 saturated heterocycles. The molecule has 0 fully saturated rings. The van der Waals surface area contributed by atoms with Gasteiger partial charge in [0.1, 0.15) is 0 Å². The average Bonchev–Trinajstić information content (AvgIpc) is 2.03. The zero-order chi connectivity index (χ0) is 8.69. The third-order valence-corrected chi connectivity index (χ3v) is 3.76.